The van der Waals surface area contributed by atoms with Gasteiger partial charge in [0.2, 0.25) is 0 Å². The number of nitriles is 1. The lowest BCUT2D eigenvalue weighted by atomic mass is 9.84. The van der Waals surface area contributed by atoms with Crippen molar-refractivity contribution < 1.29 is 19.1 Å². The Labute approximate surface area is 124 Å². The third-order valence-corrected chi connectivity index (χ3v) is 3.02. The number of nitrogens with zero attached hydrogens (tertiary/aromatic N) is 1. The average Bonchev–Trinajstić information content (AvgIpc) is 2.48. The number of ether oxygens (including phenoxy) is 2. The molecule has 5 heteroatoms. The van der Waals surface area contributed by atoms with Gasteiger partial charge in [-0.2, -0.15) is 5.26 Å². The fraction of sp³-hybridized carbons (Fsp3) is 0.438. The topological polar surface area (TPSA) is 76.4 Å². The van der Waals surface area contributed by atoms with Crippen molar-refractivity contribution in [1.82, 2.24) is 0 Å². The third kappa shape index (κ3) is 4.60. The fourth-order valence-electron chi connectivity index (χ4n) is 2.12. The summed E-state index contributed by atoms with van der Waals surface area (Å²) < 4.78 is 9.94. The minimum atomic E-state index is -1.12. The molecule has 0 bridgehead atoms. The predicted molar refractivity (Wildman–Crippen MR) is 76.2 cm³/mol. The maximum Gasteiger partial charge on any atom is 0.320 e. The van der Waals surface area contributed by atoms with Gasteiger partial charge in [0.25, 0.3) is 0 Å². The van der Waals surface area contributed by atoms with Crippen LogP contribution in [-0.4, -0.2) is 25.2 Å². The van der Waals surface area contributed by atoms with E-state index in [0.29, 0.717) is 0 Å². The van der Waals surface area contributed by atoms with E-state index in [2.05, 4.69) is 0 Å². The summed E-state index contributed by atoms with van der Waals surface area (Å²) in [7, 11) is 0. The van der Waals surface area contributed by atoms with E-state index < -0.39 is 23.8 Å². The molecule has 1 rings (SSSR count). The van der Waals surface area contributed by atoms with Gasteiger partial charge in [0.1, 0.15) is 0 Å². The van der Waals surface area contributed by atoms with Crippen molar-refractivity contribution in [3.05, 3.63) is 35.9 Å². The highest BCUT2D eigenvalue weighted by Gasteiger charge is 2.38. The summed E-state index contributed by atoms with van der Waals surface area (Å²) in [5.74, 6) is -3.00. The molecular formula is C16H19NO4. The van der Waals surface area contributed by atoms with E-state index in [-0.39, 0.29) is 19.6 Å². The molecule has 0 saturated heterocycles. The molecular weight excluding hydrogens is 270 g/mol. The molecule has 0 unspecified atom stereocenters. The highest BCUT2D eigenvalue weighted by atomic mass is 16.6. The summed E-state index contributed by atoms with van der Waals surface area (Å²) in [6.45, 7) is 3.68. The van der Waals surface area contributed by atoms with Crippen molar-refractivity contribution in [2.45, 2.75) is 26.2 Å². The Morgan fingerprint density at radius 3 is 2.05 bits per heavy atom. The molecule has 1 aromatic rings. The quantitative estimate of drug-likeness (QED) is 0.569. The Balaban J connectivity index is 3.14. The normalized spacial score (nSPS) is 11.5. The highest BCUT2D eigenvalue weighted by molar-refractivity contribution is 5.96. The minimum Gasteiger partial charge on any atom is -0.465 e. The first-order chi connectivity index (χ1) is 10.2. The maximum absolute atomic E-state index is 12.1. The van der Waals surface area contributed by atoms with Crippen LogP contribution in [0.5, 0.6) is 0 Å². The van der Waals surface area contributed by atoms with E-state index in [1.54, 1.807) is 38.1 Å². The lowest BCUT2D eigenvalue weighted by Crippen LogP contribution is -2.33. The second-order valence-electron chi connectivity index (χ2n) is 4.36. The molecule has 0 heterocycles. The largest absolute Gasteiger partial charge is 0.465 e. The summed E-state index contributed by atoms with van der Waals surface area (Å²) in [5, 5.41) is 9.02. The second kappa shape index (κ2) is 8.75. The van der Waals surface area contributed by atoms with Crippen molar-refractivity contribution in [3.63, 3.8) is 0 Å². The first-order valence-corrected chi connectivity index (χ1v) is 6.90. The lowest BCUT2D eigenvalue weighted by molar-refractivity contribution is -0.162. The van der Waals surface area contributed by atoms with E-state index in [1.165, 1.54) is 0 Å². The van der Waals surface area contributed by atoms with Gasteiger partial charge in [0.05, 0.1) is 19.3 Å². The number of carbonyl (C=O) groups excluding carboxylic acids is 2. The van der Waals surface area contributed by atoms with Crippen LogP contribution in [0.3, 0.4) is 0 Å². The Morgan fingerprint density at radius 1 is 1.10 bits per heavy atom. The van der Waals surface area contributed by atoms with Gasteiger partial charge in [0.15, 0.2) is 5.92 Å². The van der Waals surface area contributed by atoms with E-state index in [0.717, 1.165) is 5.56 Å². The first kappa shape index (κ1) is 16.7. The molecule has 112 valence electrons. The van der Waals surface area contributed by atoms with Crippen molar-refractivity contribution in [2.75, 3.05) is 13.2 Å². The zero-order valence-corrected chi connectivity index (χ0v) is 12.2. The number of esters is 2. The maximum atomic E-state index is 12.1. The monoisotopic (exact) mass is 289 g/mol. The summed E-state index contributed by atoms with van der Waals surface area (Å²) >= 11 is 0. The summed E-state index contributed by atoms with van der Waals surface area (Å²) in [4.78, 5) is 24.2. The Morgan fingerprint density at radius 2 is 1.62 bits per heavy atom. The van der Waals surface area contributed by atoms with E-state index in [4.69, 9.17) is 14.7 Å². The Hall–Kier alpha value is -2.35. The molecule has 0 radical (unpaired) electrons. The van der Waals surface area contributed by atoms with E-state index in [1.807, 2.05) is 12.1 Å². The van der Waals surface area contributed by atoms with E-state index in [9.17, 15) is 9.59 Å². The molecule has 0 spiro atoms. The first-order valence-electron chi connectivity index (χ1n) is 6.90. The predicted octanol–water partition coefficient (Wildman–Crippen LogP) is 2.43. The zero-order chi connectivity index (χ0) is 15.7. The Kier molecular flexibility index (Phi) is 6.96. The van der Waals surface area contributed by atoms with Crippen LogP contribution in [0.1, 0.15) is 31.7 Å². The third-order valence-electron chi connectivity index (χ3n) is 3.02. The van der Waals surface area contributed by atoms with Gasteiger partial charge in [-0.1, -0.05) is 30.3 Å². The van der Waals surface area contributed by atoms with Gasteiger partial charge in [-0.25, -0.2) is 0 Å². The summed E-state index contributed by atoms with van der Waals surface area (Å²) in [6.07, 6.45) is 0.0340. The highest BCUT2D eigenvalue weighted by Crippen LogP contribution is 2.30. The summed E-state index contributed by atoms with van der Waals surface area (Å²) in [5.41, 5.74) is 0.741. The van der Waals surface area contributed by atoms with Crippen LogP contribution in [0, 0.1) is 17.2 Å². The van der Waals surface area contributed by atoms with Gasteiger partial charge in [-0.3, -0.25) is 9.59 Å². The van der Waals surface area contributed by atoms with Gasteiger partial charge < -0.3 is 9.47 Å². The van der Waals surface area contributed by atoms with Crippen LogP contribution in [0.4, 0.5) is 0 Å². The average molecular weight is 289 g/mol. The molecule has 1 aromatic carbocycles. The number of hydrogen-bond donors (Lipinski definition) is 0. The molecule has 0 aliphatic rings. The van der Waals surface area contributed by atoms with Gasteiger partial charge in [-0.15, -0.1) is 0 Å². The van der Waals surface area contributed by atoms with Crippen LogP contribution in [-0.2, 0) is 19.1 Å². The SMILES string of the molecule is CCOC(=O)C(C(=O)OCC)[C@H](CC#N)c1ccccc1. The summed E-state index contributed by atoms with van der Waals surface area (Å²) in [6, 6.07) is 11.0. The molecule has 5 nitrogen and oxygen atoms in total. The molecule has 0 aliphatic heterocycles. The zero-order valence-electron chi connectivity index (χ0n) is 12.2. The van der Waals surface area contributed by atoms with Crippen LogP contribution in [0.2, 0.25) is 0 Å². The van der Waals surface area contributed by atoms with Crippen LogP contribution < -0.4 is 0 Å². The lowest BCUT2D eigenvalue weighted by Gasteiger charge is -2.22. The molecule has 0 saturated carbocycles. The number of benzene rings is 1. The molecule has 1 atom stereocenters. The van der Waals surface area contributed by atoms with Crippen LogP contribution >= 0.6 is 0 Å². The standard InChI is InChI=1S/C16H19NO4/c1-3-20-15(18)14(16(19)21-4-2)13(10-11-17)12-8-6-5-7-9-12/h5-9,13-14H,3-4,10H2,1-2H3/t13-/m1/s1. The van der Waals surface area contributed by atoms with Gasteiger partial charge in [0, 0.05) is 12.3 Å². The number of carbonyl (C=O) groups is 2. The molecule has 0 N–H and O–H groups in total. The molecule has 0 aliphatic carbocycles. The van der Waals surface area contributed by atoms with E-state index >= 15 is 0 Å². The number of hydrogen-bond acceptors (Lipinski definition) is 5. The minimum absolute atomic E-state index is 0.0340. The molecule has 0 amide bonds. The fourth-order valence-corrected chi connectivity index (χ4v) is 2.12. The van der Waals surface area contributed by atoms with Crippen molar-refractivity contribution in [3.8, 4) is 6.07 Å². The van der Waals surface area contributed by atoms with Crippen LogP contribution in [0.25, 0.3) is 0 Å². The van der Waals surface area contributed by atoms with Crippen molar-refractivity contribution >= 4 is 11.9 Å². The smallest absolute Gasteiger partial charge is 0.320 e. The van der Waals surface area contributed by atoms with Crippen molar-refractivity contribution in [2.24, 2.45) is 5.92 Å². The van der Waals surface area contributed by atoms with Crippen LogP contribution in [0.15, 0.2) is 30.3 Å². The van der Waals surface area contributed by atoms with Crippen molar-refractivity contribution in [1.29, 1.82) is 5.26 Å². The molecule has 0 aromatic heterocycles. The van der Waals surface area contributed by atoms with Gasteiger partial charge >= 0.3 is 11.9 Å². The number of rotatable bonds is 7. The molecule has 21 heavy (non-hydrogen) atoms. The Bertz CT molecular complexity index is 489. The second-order valence-corrected chi connectivity index (χ2v) is 4.36. The van der Waals surface area contributed by atoms with Gasteiger partial charge in [-0.05, 0) is 19.4 Å². The molecule has 0 fully saturated rings.